The second-order valence-corrected chi connectivity index (χ2v) is 11.2. The van der Waals surface area contributed by atoms with Gasteiger partial charge in [-0.3, -0.25) is 9.78 Å². The number of imidazole rings is 1. The van der Waals surface area contributed by atoms with E-state index >= 15 is 8.78 Å². The number of nitrogens with zero attached hydrogens (tertiary/aromatic N) is 3. The molecule has 2 aliphatic rings. The predicted molar refractivity (Wildman–Crippen MR) is 160 cm³/mol. The van der Waals surface area contributed by atoms with Crippen molar-refractivity contribution in [2.75, 3.05) is 6.61 Å². The van der Waals surface area contributed by atoms with Gasteiger partial charge in [0.2, 0.25) is 0 Å². The summed E-state index contributed by atoms with van der Waals surface area (Å²) >= 11 is 5.99. The van der Waals surface area contributed by atoms with Crippen molar-refractivity contribution in [3.05, 3.63) is 106 Å². The molecule has 0 bridgehead atoms. The minimum Gasteiger partial charge on any atom is -0.483 e. The van der Waals surface area contributed by atoms with Gasteiger partial charge in [-0.25, -0.2) is 13.8 Å². The summed E-state index contributed by atoms with van der Waals surface area (Å²) in [5.41, 5.74) is 4.05. The lowest BCUT2D eigenvalue weighted by atomic mass is 10.00. The largest absolute Gasteiger partial charge is 0.483 e. The van der Waals surface area contributed by atoms with Gasteiger partial charge in [0, 0.05) is 37.3 Å². The lowest BCUT2D eigenvalue weighted by molar-refractivity contribution is -0.122. The lowest BCUT2D eigenvalue weighted by Crippen LogP contribution is -2.32. The maximum Gasteiger partial charge on any atom is 0.292 e. The molecule has 1 N–H and O–H groups in total. The molecule has 1 fully saturated rings. The molecule has 226 valence electrons. The van der Waals surface area contributed by atoms with Crippen LogP contribution in [0.5, 0.6) is 11.5 Å². The predicted octanol–water partition coefficient (Wildman–Crippen LogP) is 7.06. The number of pyridine rings is 1. The number of hydrogen-bond donors (Lipinski definition) is 1. The van der Waals surface area contributed by atoms with Gasteiger partial charge in [-0.2, -0.15) is 0 Å². The van der Waals surface area contributed by atoms with E-state index in [1.165, 1.54) is 18.3 Å². The molecule has 1 saturated heterocycles. The molecule has 0 saturated carbocycles. The quantitative estimate of drug-likeness (QED) is 0.203. The molecule has 2 aliphatic heterocycles. The van der Waals surface area contributed by atoms with Crippen molar-refractivity contribution in [2.45, 2.75) is 45.1 Å². The summed E-state index contributed by atoms with van der Waals surface area (Å²) in [5.74, 6) is -0.967. The monoisotopic (exact) mass is 619 g/mol. The molecule has 3 aromatic carbocycles. The number of ether oxygens (including phenoxy) is 3. The van der Waals surface area contributed by atoms with Crippen LogP contribution in [-0.2, 0) is 28.3 Å². The molecular weight excluding hydrogens is 592 g/mol. The van der Waals surface area contributed by atoms with Crippen LogP contribution in [-0.4, -0.2) is 38.8 Å². The third kappa shape index (κ3) is 5.58. The van der Waals surface area contributed by atoms with Gasteiger partial charge in [0.25, 0.3) is 12.3 Å². The molecule has 4 heterocycles. The number of hydrogen-bond acceptors (Lipinski definition) is 6. The molecule has 0 spiro atoms. The molecule has 0 radical (unpaired) electrons. The van der Waals surface area contributed by atoms with E-state index in [9.17, 15) is 0 Å². The summed E-state index contributed by atoms with van der Waals surface area (Å²) in [6.07, 6.45) is 2.69. The Morgan fingerprint density at radius 2 is 1.89 bits per heavy atom. The Morgan fingerprint density at radius 1 is 1.09 bits per heavy atom. The normalized spacial score (nSPS) is 18.4. The highest BCUT2D eigenvalue weighted by molar-refractivity contribution is 6.30. The van der Waals surface area contributed by atoms with Crippen molar-refractivity contribution < 1.29 is 32.9 Å². The zero-order valence-electron chi connectivity index (χ0n) is 23.9. The Bertz CT molecular complexity index is 1860. The van der Waals surface area contributed by atoms with Gasteiger partial charge in [0.05, 0.1) is 28.7 Å². The van der Waals surface area contributed by atoms with Crippen LogP contribution >= 0.6 is 11.6 Å². The van der Waals surface area contributed by atoms with Crippen molar-refractivity contribution in [3.63, 3.8) is 0 Å². The summed E-state index contributed by atoms with van der Waals surface area (Å²) in [5, 5.41) is 7.37. The summed E-state index contributed by atoms with van der Waals surface area (Å²) in [6.45, 7) is 4.84. The first-order valence-electron chi connectivity index (χ1n) is 14.0. The van der Waals surface area contributed by atoms with Crippen molar-refractivity contribution in [1.29, 1.82) is 0 Å². The van der Waals surface area contributed by atoms with E-state index in [0.29, 0.717) is 40.1 Å². The lowest BCUT2D eigenvalue weighted by Gasteiger charge is -2.27. The highest BCUT2D eigenvalue weighted by atomic mass is 35.5. The third-order valence-electron chi connectivity index (χ3n) is 7.71. The van der Waals surface area contributed by atoms with Crippen LogP contribution in [0.4, 0.5) is 8.78 Å². The second kappa shape index (κ2) is 11.9. The number of halogens is 3. The minimum atomic E-state index is -1.25. The van der Waals surface area contributed by atoms with Crippen LogP contribution in [0, 0.1) is 18.6 Å². The summed E-state index contributed by atoms with van der Waals surface area (Å²) < 4.78 is 51.4. The highest BCUT2D eigenvalue weighted by Crippen LogP contribution is 2.49. The highest BCUT2D eigenvalue weighted by Gasteiger charge is 2.41. The zero-order valence-corrected chi connectivity index (χ0v) is 24.6. The number of benzene rings is 3. The maximum absolute atomic E-state index is 15.7. The van der Waals surface area contributed by atoms with Crippen molar-refractivity contribution in [1.82, 2.24) is 14.5 Å². The van der Waals surface area contributed by atoms with Gasteiger partial charge in [0.15, 0.2) is 11.5 Å². The topological polar surface area (TPSA) is 95.7 Å². The number of para-hydroxylation sites is 1. The molecule has 7 rings (SSSR count). The van der Waals surface area contributed by atoms with Crippen LogP contribution in [0.1, 0.15) is 36.0 Å². The molecule has 11 heteroatoms. The molecule has 2 aromatic heterocycles. The van der Waals surface area contributed by atoms with Crippen molar-refractivity contribution >= 4 is 29.1 Å². The Hall–Kier alpha value is -4.54. The average Bonchev–Trinajstić information content (AvgIpc) is 3.50. The molecule has 44 heavy (non-hydrogen) atoms. The summed E-state index contributed by atoms with van der Waals surface area (Å²) in [4.78, 5) is 17.5. The van der Waals surface area contributed by atoms with Crippen molar-refractivity contribution in [2.24, 2.45) is 0 Å². The first-order valence-corrected chi connectivity index (χ1v) is 14.3. The third-order valence-corrected chi connectivity index (χ3v) is 7.93. The molecule has 0 amide bonds. The zero-order chi connectivity index (χ0) is 31.0. The van der Waals surface area contributed by atoms with Gasteiger partial charge in [-0.15, -0.1) is 0 Å². The number of aryl methyl sites for hydroxylation is 1. The van der Waals surface area contributed by atoms with E-state index in [1.807, 2.05) is 19.1 Å². The number of rotatable bonds is 6. The van der Waals surface area contributed by atoms with E-state index in [-0.39, 0.29) is 30.1 Å². The van der Waals surface area contributed by atoms with Crippen molar-refractivity contribution in [3.8, 4) is 22.6 Å². The number of carbonyl (C=O) groups is 1. The van der Waals surface area contributed by atoms with Crippen LogP contribution in [0.2, 0.25) is 5.02 Å². The Labute approximate surface area is 256 Å². The molecule has 0 aliphatic carbocycles. The fourth-order valence-corrected chi connectivity index (χ4v) is 5.55. The smallest absolute Gasteiger partial charge is 0.292 e. The SMILES string of the molecule is Cc1ccc2nc(Cc3cc(F)c(-c4cccc5c4OC(C)(c4ccc(Cl)cn4)O5)cc3F)n(CC3CCO3)c2c1.O=CO. The van der Waals surface area contributed by atoms with Gasteiger partial charge in [-0.05, 0) is 66.9 Å². The second-order valence-electron chi connectivity index (χ2n) is 10.8. The summed E-state index contributed by atoms with van der Waals surface area (Å²) in [6, 6.07) is 17.0. The van der Waals surface area contributed by atoms with Gasteiger partial charge in [0.1, 0.15) is 23.2 Å². The first kappa shape index (κ1) is 29.5. The van der Waals surface area contributed by atoms with E-state index in [4.69, 9.17) is 40.7 Å². The number of fused-ring (bicyclic) bond motifs is 2. The van der Waals surface area contributed by atoms with Gasteiger partial charge < -0.3 is 23.9 Å². The maximum atomic E-state index is 15.7. The van der Waals surface area contributed by atoms with Crippen LogP contribution in [0.3, 0.4) is 0 Å². The molecule has 8 nitrogen and oxygen atoms in total. The van der Waals surface area contributed by atoms with Gasteiger partial charge >= 0.3 is 0 Å². The minimum absolute atomic E-state index is 0.0759. The molecule has 2 atom stereocenters. The Kier molecular flexibility index (Phi) is 7.96. The number of carboxylic acid groups (broad SMARTS) is 1. The fraction of sp³-hybridized carbons (Fsp3) is 0.242. The number of aromatic nitrogens is 3. The van der Waals surface area contributed by atoms with Crippen LogP contribution < -0.4 is 9.47 Å². The summed E-state index contributed by atoms with van der Waals surface area (Å²) in [7, 11) is 0. The molecular formula is C33H28ClF2N3O5. The standard InChI is InChI=1S/C32H26ClF2N3O3.CH2O2/c1-18-6-8-26-27(12-18)38(17-21-10-11-39-21)30(37-26)14-19-13-25(35)23(15-24(19)34)22-4-3-5-28-31(22)41-32(2,40-28)29-9-7-20(33)16-36-29;2-1-3/h3-9,12-13,15-16,21H,10-11,14,17H2,1-2H3;1H,(H,2,3). The molecule has 2 unspecified atom stereocenters. The first-order chi connectivity index (χ1) is 21.2. The Balaban J connectivity index is 0.00000110. The van der Waals surface area contributed by atoms with Crippen LogP contribution in [0.25, 0.3) is 22.2 Å². The van der Waals surface area contributed by atoms with Crippen LogP contribution in [0.15, 0.2) is 66.9 Å². The van der Waals surface area contributed by atoms with E-state index in [1.54, 1.807) is 37.3 Å². The van der Waals surface area contributed by atoms with E-state index in [0.717, 1.165) is 29.6 Å². The fourth-order valence-electron chi connectivity index (χ4n) is 5.44. The van der Waals surface area contributed by atoms with Gasteiger partial charge in [-0.1, -0.05) is 29.8 Å². The molecule has 5 aromatic rings. The average molecular weight is 620 g/mol. The Morgan fingerprint density at radius 3 is 2.59 bits per heavy atom. The van der Waals surface area contributed by atoms with E-state index in [2.05, 4.69) is 15.6 Å². The van der Waals surface area contributed by atoms with E-state index < -0.39 is 17.4 Å².